The van der Waals surface area contributed by atoms with Gasteiger partial charge in [-0.25, -0.2) is 4.98 Å². The summed E-state index contributed by atoms with van der Waals surface area (Å²) in [5.41, 5.74) is 0.950. The van der Waals surface area contributed by atoms with Crippen molar-refractivity contribution in [3.05, 3.63) is 58.0 Å². The SMILES string of the molecule is Fc1cccc(NCc2ccc(Cl)c(Cl)c2)n1. The van der Waals surface area contributed by atoms with Crippen molar-refractivity contribution in [2.45, 2.75) is 6.54 Å². The van der Waals surface area contributed by atoms with Crippen LogP contribution in [0.4, 0.5) is 10.2 Å². The van der Waals surface area contributed by atoms with E-state index in [1.807, 2.05) is 6.07 Å². The van der Waals surface area contributed by atoms with Crippen molar-refractivity contribution >= 4 is 29.0 Å². The second kappa shape index (κ2) is 5.34. The van der Waals surface area contributed by atoms with Crippen LogP contribution in [0.1, 0.15) is 5.56 Å². The summed E-state index contributed by atoms with van der Waals surface area (Å²) in [6.45, 7) is 0.507. The third-order valence-corrected chi connectivity index (χ3v) is 2.91. The highest BCUT2D eigenvalue weighted by Gasteiger charge is 2.00. The van der Waals surface area contributed by atoms with E-state index in [4.69, 9.17) is 23.2 Å². The van der Waals surface area contributed by atoms with Gasteiger partial charge in [0.2, 0.25) is 5.95 Å². The average molecular weight is 271 g/mol. The van der Waals surface area contributed by atoms with E-state index in [0.29, 0.717) is 22.4 Å². The van der Waals surface area contributed by atoms with Gasteiger partial charge in [-0.1, -0.05) is 35.3 Å². The number of nitrogens with one attached hydrogen (secondary N) is 1. The molecule has 2 nitrogen and oxygen atoms in total. The van der Waals surface area contributed by atoms with Gasteiger partial charge in [0.05, 0.1) is 10.0 Å². The van der Waals surface area contributed by atoms with Crippen LogP contribution in [0.15, 0.2) is 36.4 Å². The van der Waals surface area contributed by atoms with Crippen LogP contribution in [-0.2, 0) is 6.54 Å². The Morgan fingerprint density at radius 2 is 1.94 bits per heavy atom. The molecular formula is C12H9Cl2FN2. The first-order valence-corrected chi connectivity index (χ1v) is 5.71. The molecule has 0 saturated heterocycles. The number of hydrogen-bond acceptors (Lipinski definition) is 2. The molecule has 0 amide bonds. The van der Waals surface area contributed by atoms with E-state index in [0.717, 1.165) is 5.56 Å². The van der Waals surface area contributed by atoms with Crippen molar-refractivity contribution in [3.8, 4) is 0 Å². The zero-order valence-corrected chi connectivity index (χ0v) is 10.3. The lowest BCUT2D eigenvalue weighted by molar-refractivity contribution is 0.585. The summed E-state index contributed by atoms with van der Waals surface area (Å²) >= 11 is 11.7. The van der Waals surface area contributed by atoms with Gasteiger partial charge in [0.25, 0.3) is 0 Å². The molecule has 1 aromatic heterocycles. The van der Waals surface area contributed by atoms with Crippen LogP contribution in [0.3, 0.4) is 0 Å². The molecule has 0 unspecified atom stereocenters. The molecule has 1 N–H and O–H groups in total. The highest BCUT2D eigenvalue weighted by molar-refractivity contribution is 6.42. The highest BCUT2D eigenvalue weighted by atomic mass is 35.5. The summed E-state index contributed by atoms with van der Waals surface area (Å²) in [5, 5.41) is 4.01. The van der Waals surface area contributed by atoms with Gasteiger partial charge >= 0.3 is 0 Å². The highest BCUT2D eigenvalue weighted by Crippen LogP contribution is 2.22. The van der Waals surface area contributed by atoms with E-state index in [1.165, 1.54) is 6.07 Å². The fourth-order valence-electron chi connectivity index (χ4n) is 1.35. The molecule has 0 atom stereocenters. The predicted octanol–water partition coefficient (Wildman–Crippen LogP) is 4.14. The first kappa shape index (κ1) is 12.1. The minimum Gasteiger partial charge on any atom is -0.366 e. The Hall–Kier alpha value is -1.32. The lowest BCUT2D eigenvalue weighted by Crippen LogP contribution is -2.01. The molecule has 0 bridgehead atoms. The summed E-state index contributed by atoms with van der Waals surface area (Å²) in [7, 11) is 0. The molecule has 1 aromatic carbocycles. The number of benzene rings is 1. The van der Waals surface area contributed by atoms with Gasteiger partial charge < -0.3 is 5.32 Å². The second-order valence-electron chi connectivity index (χ2n) is 3.45. The molecule has 0 spiro atoms. The van der Waals surface area contributed by atoms with Crippen LogP contribution in [0.5, 0.6) is 0 Å². The largest absolute Gasteiger partial charge is 0.366 e. The molecule has 2 aromatic rings. The van der Waals surface area contributed by atoms with E-state index in [9.17, 15) is 4.39 Å². The Balaban J connectivity index is 2.05. The van der Waals surface area contributed by atoms with Crippen molar-refractivity contribution < 1.29 is 4.39 Å². The Morgan fingerprint density at radius 1 is 1.12 bits per heavy atom. The Morgan fingerprint density at radius 3 is 2.65 bits per heavy atom. The average Bonchev–Trinajstić information content (AvgIpc) is 2.31. The van der Waals surface area contributed by atoms with Crippen molar-refractivity contribution in [1.29, 1.82) is 0 Å². The summed E-state index contributed by atoms with van der Waals surface area (Å²) in [4.78, 5) is 3.69. The van der Waals surface area contributed by atoms with Crippen molar-refractivity contribution in [1.82, 2.24) is 4.98 Å². The molecule has 0 saturated carbocycles. The van der Waals surface area contributed by atoms with Gasteiger partial charge in [-0.3, -0.25) is 0 Å². The number of hydrogen-bond donors (Lipinski definition) is 1. The van der Waals surface area contributed by atoms with Crippen molar-refractivity contribution in [2.24, 2.45) is 0 Å². The molecule has 17 heavy (non-hydrogen) atoms. The van der Waals surface area contributed by atoms with Crippen LogP contribution in [-0.4, -0.2) is 4.98 Å². The van der Waals surface area contributed by atoms with E-state index >= 15 is 0 Å². The molecule has 0 aliphatic heterocycles. The van der Waals surface area contributed by atoms with Crippen molar-refractivity contribution in [2.75, 3.05) is 5.32 Å². The molecule has 0 aliphatic carbocycles. The lowest BCUT2D eigenvalue weighted by Gasteiger charge is -2.06. The van der Waals surface area contributed by atoms with E-state index < -0.39 is 5.95 Å². The lowest BCUT2D eigenvalue weighted by atomic mass is 10.2. The predicted molar refractivity (Wildman–Crippen MR) is 68.0 cm³/mol. The van der Waals surface area contributed by atoms with Crippen molar-refractivity contribution in [3.63, 3.8) is 0 Å². The number of rotatable bonds is 3. The van der Waals surface area contributed by atoms with Gasteiger partial charge in [-0.05, 0) is 29.8 Å². The quantitative estimate of drug-likeness (QED) is 0.848. The van der Waals surface area contributed by atoms with E-state index in [2.05, 4.69) is 10.3 Å². The Kier molecular flexibility index (Phi) is 3.82. The fraction of sp³-hybridized carbons (Fsp3) is 0.0833. The third kappa shape index (κ3) is 3.32. The van der Waals surface area contributed by atoms with Crippen LogP contribution in [0.25, 0.3) is 0 Å². The summed E-state index contributed by atoms with van der Waals surface area (Å²) in [6.07, 6.45) is 0. The molecular weight excluding hydrogens is 262 g/mol. The maximum absolute atomic E-state index is 12.8. The minimum atomic E-state index is -0.510. The number of pyridine rings is 1. The van der Waals surface area contributed by atoms with Gasteiger partial charge in [-0.15, -0.1) is 0 Å². The number of nitrogens with zero attached hydrogens (tertiary/aromatic N) is 1. The summed E-state index contributed by atoms with van der Waals surface area (Å²) in [5.74, 6) is -0.0276. The van der Waals surface area contributed by atoms with Gasteiger partial charge in [-0.2, -0.15) is 4.39 Å². The molecule has 0 radical (unpaired) electrons. The molecule has 2 rings (SSSR count). The van der Waals surface area contributed by atoms with Gasteiger partial charge in [0.15, 0.2) is 0 Å². The van der Waals surface area contributed by atoms with Crippen LogP contribution in [0.2, 0.25) is 10.0 Å². The monoisotopic (exact) mass is 270 g/mol. The van der Waals surface area contributed by atoms with Gasteiger partial charge in [0, 0.05) is 6.54 Å². The first-order valence-electron chi connectivity index (χ1n) is 4.95. The van der Waals surface area contributed by atoms with E-state index in [1.54, 1.807) is 24.3 Å². The summed E-state index contributed by atoms with van der Waals surface area (Å²) in [6, 6.07) is 9.92. The number of anilines is 1. The fourth-order valence-corrected chi connectivity index (χ4v) is 1.67. The Bertz CT molecular complexity index is 532. The maximum atomic E-state index is 12.8. The summed E-state index contributed by atoms with van der Waals surface area (Å²) < 4.78 is 12.8. The number of aromatic nitrogens is 1. The number of halogens is 3. The molecule has 0 fully saturated rings. The normalized spacial score (nSPS) is 10.3. The molecule has 0 aliphatic rings. The smallest absolute Gasteiger partial charge is 0.214 e. The minimum absolute atomic E-state index is 0.482. The topological polar surface area (TPSA) is 24.9 Å². The maximum Gasteiger partial charge on any atom is 0.214 e. The standard InChI is InChI=1S/C12H9Cl2FN2/c13-9-5-4-8(6-10(9)14)7-16-12-3-1-2-11(15)17-12/h1-6H,7H2,(H,16,17). The van der Waals surface area contributed by atoms with Crippen LogP contribution < -0.4 is 5.32 Å². The molecule has 88 valence electrons. The molecule has 5 heteroatoms. The Labute approximate surface area is 108 Å². The molecule has 1 heterocycles. The third-order valence-electron chi connectivity index (χ3n) is 2.17. The van der Waals surface area contributed by atoms with E-state index in [-0.39, 0.29) is 0 Å². The first-order chi connectivity index (χ1) is 8.15. The van der Waals surface area contributed by atoms with Gasteiger partial charge in [0.1, 0.15) is 5.82 Å². The van der Waals surface area contributed by atoms with Crippen LogP contribution in [0, 0.1) is 5.95 Å². The second-order valence-corrected chi connectivity index (χ2v) is 4.26. The zero-order chi connectivity index (χ0) is 12.3. The zero-order valence-electron chi connectivity index (χ0n) is 8.75. The van der Waals surface area contributed by atoms with Crippen LogP contribution >= 0.6 is 23.2 Å².